The van der Waals surface area contributed by atoms with Gasteiger partial charge in [0.15, 0.2) is 5.96 Å². The van der Waals surface area contributed by atoms with Gasteiger partial charge in [0.05, 0.1) is 0 Å². The van der Waals surface area contributed by atoms with E-state index in [-0.39, 0.29) is 6.09 Å². The Morgan fingerprint density at radius 3 is 2.43 bits per heavy atom. The first-order chi connectivity index (χ1) is 10.8. The Balaban J connectivity index is 2.41. The van der Waals surface area contributed by atoms with Gasteiger partial charge in [-0.25, -0.2) is 4.79 Å². The molecule has 0 atom stereocenters. The van der Waals surface area contributed by atoms with E-state index in [9.17, 15) is 4.79 Å². The van der Waals surface area contributed by atoms with Crippen LogP contribution in [0.15, 0.2) is 4.99 Å². The summed E-state index contributed by atoms with van der Waals surface area (Å²) in [6, 6.07) is 0. The molecule has 0 aromatic heterocycles. The maximum atomic E-state index is 12.1. The topological polar surface area (TPSA) is 57.2 Å². The van der Waals surface area contributed by atoms with Gasteiger partial charge in [-0.1, -0.05) is 6.92 Å². The summed E-state index contributed by atoms with van der Waals surface area (Å²) in [4.78, 5) is 20.5. The van der Waals surface area contributed by atoms with Crippen LogP contribution in [0.25, 0.3) is 0 Å². The third-order valence-corrected chi connectivity index (χ3v) is 3.99. The molecule has 6 nitrogen and oxygen atoms in total. The molecule has 1 aliphatic heterocycles. The molecule has 0 radical (unpaired) electrons. The lowest BCUT2D eigenvalue weighted by Gasteiger charge is -2.33. The Hall–Kier alpha value is -1.46. The van der Waals surface area contributed by atoms with Crippen LogP contribution in [0.1, 0.15) is 47.5 Å². The number of ether oxygens (including phenoxy) is 1. The van der Waals surface area contributed by atoms with Crippen LogP contribution in [0.5, 0.6) is 0 Å². The number of guanidine groups is 1. The number of nitrogens with one attached hydrogen (secondary N) is 1. The van der Waals surface area contributed by atoms with E-state index < -0.39 is 5.60 Å². The lowest BCUT2D eigenvalue weighted by Crippen LogP contribution is -2.48. The summed E-state index contributed by atoms with van der Waals surface area (Å²) < 4.78 is 5.42. The van der Waals surface area contributed by atoms with Gasteiger partial charge in [-0.15, -0.1) is 0 Å². The number of likely N-dealkylation sites (tertiary alicyclic amines) is 1. The Bertz CT molecular complexity index is 396. The van der Waals surface area contributed by atoms with Crippen molar-refractivity contribution in [1.29, 1.82) is 0 Å². The number of carbonyl (C=O) groups is 1. The molecule has 0 aliphatic carbocycles. The zero-order valence-electron chi connectivity index (χ0n) is 15.7. The van der Waals surface area contributed by atoms with Crippen molar-refractivity contribution in [2.45, 2.75) is 53.1 Å². The maximum Gasteiger partial charge on any atom is 0.410 e. The van der Waals surface area contributed by atoms with Gasteiger partial charge in [0, 0.05) is 39.8 Å². The molecular formula is C17H34N4O2. The number of hydrogen-bond donors (Lipinski definition) is 1. The van der Waals surface area contributed by atoms with Crippen molar-refractivity contribution in [3.63, 3.8) is 0 Å². The van der Waals surface area contributed by atoms with Gasteiger partial charge in [0.25, 0.3) is 0 Å². The number of nitrogens with zero attached hydrogens (tertiary/aromatic N) is 3. The minimum absolute atomic E-state index is 0.261. The molecule has 0 unspecified atom stereocenters. The first-order valence-electron chi connectivity index (χ1n) is 8.70. The largest absolute Gasteiger partial charge is 0.444 e. The molecule has 1 aliphatic rings. The fourth-order valence-corrected chi connectivity index (χ4v) is 2.56. The quantitative estimate of drug-likeness (QED) is 0.637. The van der Waals surface area contributed by atoms with E-state index in [1.165, 1.54) is 12.8 Å². The summed E-state index contributed by atoms with van der Waals surface area (Å²) in [5, 5.41) is 3.36. The Morgan fingerprint density at radius 1 is 1.35 bits per heavy atom. The second kappa shape index (κ2) is 8.99. The second-order valence-corrected chi connectivity index (χ2v) is 7.20. The molecule has 6 heteroatoms. The van der Waals surface area contributed by atoms with Gasteiger partial charge in [0.2, 0.25) is 0 Å². The highest BCUT2D eigenvalue weighted by molar-refractivity contribution is 5.80. The fourth-order valence-electron chi connectivity index (χ4n) is 2.56. The van der Waals surface area contributed by atoms with E-state index >= 15 is 0 Å². The van der Waals surface area contributed by atoms with E-state index in [0.717, 1.165) is 25.0 Å². The molecule has 0 bridgehead atoms. The molecule has 1 rings (SSSR count). The minimum Gasteiger partial charge on any atom is -0.444 e. The highest BCUT2D eigenvalue weighted by Gasteiger charge is 2.22. The van der Waals surface area contributed by atoms with Crippen molar-refractivity contribution in [1.82, 2.24) is 15.1 Å². The smallest absolute Gasteiger partial charge is 0.410 e. The minimum atomic E-state index is -0.460. The van der Waals surface area contributed by atoms with Crippen LogP contribution < -0.4 is 5.32 Å². The number of amides is 1. The zero-order chi connectivity index (χ0) is 17.5. The van der Waals surface area contributed by atoms with Gasteiger partial charge in [-0.2, -0.15) is 0 Å². The van der Waals surface area contributed by atoms with Crippen molar-refractivity contribution in [2.24, 2.45) is 10.9 Å². The predicted molar refractivity (Wildman–Crippen MR) is 94.8 cm³/mol. The van der Waals surface area contributed by atoms with Crippen LogP contribution in [-0.4, -0.2) is 67.2 Å². The molecular weight excluding hydrogens is 292 g/mol. The highest BCUT2D eigenvalue weighted by Crippen LogP contribution is 2.15. The molecule has 1 N–H and O–H groups in total. The molecule has 0 spiro atoms. The monoisotopic (exact) mass is 326 g/mol. The molecule has 0 saturated carbocycles. The van der Waals surface area contributed by atoms with Crippen molar-refractivity contribution in [3.05, 3.63) is 0 Å². The Labute approximate surface area is 141 Å². The average Bonchev–Trinajstić information content (AvgIpc) is 2.47. The van der Waals surface area contributed by atoms with Crippen molar-refractivity contribution in [2.75, 3.05) is 39.8 Å². The first kappa shape index (κ1) is 19.6. The van der Waals surface area contributed by atoms with Crippen molar-refractivity contribution < 1.29 is 9.53 Å². The molecule has 1 heterocycles. The average molecular weight is 326 g/mol. The van der Waals surface area contributed by atoms with Gasteiger partial charge >= 0.3 is 6.09 Å². The lowest BCUT2D eigenvalue weighted by molar-refractivity contribution is 0.0263. The number of likely N-dealkylation sites (N-methyl/N-ethyl adjacent to an activating group) is 1. The number of rotatable bonds is 4. The summed E-state index contributed by atoms with van der Waals surface area (Å²) in [6.45, 7) is 13.9. The number of aliphatic imine (C=N–C) groups is 1. The van der Waals surface area contributed by atoms with Gasteiger partial charge in [-0.05, 0) is 46.5 Å². The maximum absolute atomic E-state index is 12.1. The number of hydrogen-bond acceptors (Lipinski definition) is 3. The van der Waals surface area contributed by atoms with E-state index in [1.807, 2.05) is 34.7 Å². The number of carbonyl (C=O) groups excluding carboxylic acids is 1. The van der Waals surface area contributed by atoms with Gasteiger partial charge in [-0.3, -0.25) is 4.99 Å². The third-order valence-electron chi connectivity index (χ3n) is 3.99. The zero-order valence-corrected chi connectivity index (χ0v) is 15.7. The second-order valence-electron chi connectivity index (χ2n) is 7.20. The standard InChI is InChI=1S/C17H34N4O2/c1-7-20(16(22)23-17(3,4)5)13-10-19-15(18-6)21-11-8-14(2)9-12-21/h14H,7-13H2,1-6H3,(H,18,19). The summed E-state index contributed by atoms with van der Waals surface area (Å²) in [5.41, 5.74) is -0.460. The Kier molecular flexibility index (Phi) is 7.65. The van der Waals surface area contributed by atoms with Crippen LogP contribution in [0.4, 0.5) is 4.79 Å². The van der Waals surface area contributed by atoms with Crippen LogP contribution in [0, 0.1) is 5.92 Å². The molecule has 1 saturated heterocycles. The molecule has 23 heavy (non-hydrogen) atoms. The van der Waals surface area contributed by atoms with Crippen molar-refractivity contribution in [3.8, 4) is 0 Å². The van der Waals surface area contributed by atoms with Crippen LogP contribution in [0.3, 0.4) is 0 Å². The Morgan fingerprint density at radius 2 is 1.96 bits per heavy atom. The SMILES string of the molecule is CCN(CCNC(=NC)N1CCC(C)CC1)C(=O)OC(C)(C)C. The normalized spacial score (nSPS) is 17.1. The van der Waals surface area contributed by atoms with Crippen molar-refractivity contribution >= 4 is 12.1 Å². The van der Waals surface area contributed by atoms with E-state index in [0.29, 0.717) is 19.6 Å². The third kappa shape index (κ3) is 7.10. The fraction of sp³-hybridized carbons (Fsp3) is 0.882. The molecule has 134 valence electrons. The first-order valence-corrected chi connectivity index (χ1v) is 8.70. The van der Waals surface area contributed by atoms with Gasteiger partial charge in [0.1, 0.15) is 5.60 Å². The summed E-state index contributed by atoms with van der Waals surface area (Å²) in [5.74, 6) is 1.73. The van der Waals surface area contributed by atoms with E-state index in [1.54, 1.807) is 4.90 Å². The van der Waals surface area contributed by atoms with Crippen LogP contribution in [0.2, 0.25) is 0 Å². The summed E-state index contributed by atoms with van der Waals surface area (Å²) >= 11 is 0. The lowest BCUT2D eigenvalue weighted by atomic mass is 10.00. The highest BCUT2D eigenvalue weighted by atomic mass is 16.6. The molecule has 0 aromatic rings. The van der Waals surface area contributed by atoms with E-state index in [2.05, 4.69) is 22.1 Å². The molecule has 1 amide bonds. The predicted octanol–water partition coefficient (Wildman–Crippen LogP) is 2.55. The molecule has 0 aromatic carbocycles. The van der Waals surface area contributed by atoms with Crippen LogP contribution in [-0.2, 0) is 4.74 Å². The summed E-state index contributed by atoms with van der Waals surface area (Å²) in [7, 11) is 1.81. The molecule has 1 fully saturated rings. The van der Waals surface area contributed by atoms with E-state index in [4.69, 9.17) is 4.74 Å². The number of piperidine rings is 1. The summed E-state index contributed by atoms with van der Waals surface area (Å²) in [6.07, 6.45) is 2.16. The van der Waals surface area contributed by atoms with Crippen LogP contribution >= 0.6 is 0 Å². The van der Waals surface area contributed by atoms with Gasteiger partial charge < -0.3 is 19.9 Å².